The van der Waals surface area contributed by atoms with E-state index in [4.69, 9.17) is 4.74 Å². The van der Waals surface area contributed by atoms with E-state index >= 15 is 0 Å². The lowest BCUT2D eigenvalue weighted by molar-refractivity contribution is -0.128. The maximum atomic E-state index is 11.8. The van der Waals surface area contributed by atoms with Crippen LogP contribution in [0.25, 0.3) is 0 Å². The predicted octanol–water partition coefficient (Wildman–Crippen LogP) is 0.267. The van der Waals surface area contributed by atoms with Crippen molar-refractivity contribution in [3.63, 3.8) is 0 Å². The summed E-state index contributed by atoms with van der Waals surface area (Å²) in [6.07, 6.45) is 3.51. The van der Waals surface area contributed by atoms with Crippen LogP contribution in [0.5, 0.6) is 0 Å². The molecule has 0 aromatic rings. The molecule has 2 fully saturated rings. The van der Waals surface area contributed by atoms with Gasteiger partial charge in [-0.1, -0.05) is 13.3 Å². The van der Waals surface area contributed by atoms with Crippen LogP contribution in [0.3, 0.4) is 0 Å². The van der Waals surface area contributed by atoms with E-state index < -0.39 is 0 Å². The van der Waals surface area contributed by atoms with Crippen molar-refractivity contribution in [2.24, 2.45) is 0 Å². The summed E-state index contributed by atoms with van der Waals surface area (Å²) >= 11 is 0. The first-order chi connectivity index (χ1) is 8.81. The summed E-state index contributed by atoms with van der Waals surface area (Å²) in [7, 11) is 0. The first-order valence-corrected chi connectivity index (χ1v) is 7.14. The predicted molar refractivity (Wildman–Crippen MR) is 70.3 cm³/mol. The standard InChI is InChI=1S/C13H25N3O2/c1-2-4-12-14-11-13(17)16(12)6-3-5-15-7-9-18-10-8-15/h12,14H,2-11H2,1H3. The Morgan fingerprint density at radius 1 is 1.33 bits per heavy atom. The second kappa shape index (κ2) is 7.07. The molecule has 0 bridgehead atoms. The monoisotopic (exact) mass is 255 g/mol. The number of carbonyl (C=O) groups is 1. The highest BCUT2D eigenvalue weighted by Crippen LogP contribution is 2.11. The number of carbonyl (C=O) groups excluding carboxylic acids is 1. The Bertz CT molecular complexity index is 267. The molecule has 0 aromatic heterocycles. The molecule has 5 nitrogen and oxygen atoms in total. The Hall–Kier alpha value is -0.650. The van der Waals surface area contributed by atoms with Gasteiger partial charge in [0.05, 0.1) is 25.9 Å². The molecule has 1 N–H and O–H groups in total. The summed E-state index contributed by atoms with van der Waals surface area (Å²) in [4.78, 5) is 16.2. The Labute approximate surface area is 109 Å². The zero-order chi connectivity index (χ0) is 12.8. The zero-order valence-electron chi connectivity index (χ0n) is 11.4. The summed E-state index contributed by atoms with van der Waals surface area (Å²) in [6, 6.07) is 0. The van der Waals surface area contributed by atoms with Gasteiger partial charge in [0.1, 0.15) is 0 Å². The molecule has 2 rings (SSSR count). The van der Waals surface area contributed by atoms with Crippen molar-refractivity contribution in [1.82, 2.24) is 15.1 Å². The Kier molecular flexibility index (Phi) is 5.41. The van der Waals surface area contributed by atoms with Gasteiger partial charge in [0, 0.05) is 26.2 Å². The van der Waals surface area contributed by atoms with Crippen LogP contribution in [-0.4, -0.2) is 67.8 Å². The van der Waals surface area contributed by atoms with E-state index in [1.54, 1.807) is 0 Å². The highest BCUT2D eigenvalue weighted by Gasteiger charge is 2.28. The maximum Gasteiger partial charge on any atom is 0.237 e. The number of amides is 1. The minimum absolute atomic E-state index is 0.260. The number of nitrogens with zero attached hydrogens (tertiary/aromatic N) is 2. The van der Waals surface area contributed by atoms with Gasteiger partial charge in [-0.05, 0) is 12.8 Å². The van der Waals surface area contributed by atoms with Gasteiger partial charge in [0.2, 0.25) is 5.91 Å². The van der Waals surface area contributed by atoms with Crippen molar-refractivity contribution in [2.75, 3.05) is 45.9 Å². The fourth-order valence-electron chi connectivity index (χ4n) is 2.69. The van der Waals surface area contributed by atoms with Gasteiger partial charge in [-0.3, -0.25) is 15.0 Å². The van der Waals surface area contributed by atoms with Crippen LogP contribution in [0.2, 0.25) is 0 Å². The summed E-state index contributed by atoms with van der Waals surface area (Å²) in [5.74, 6) is 0.260. The van der Waals surface area contributed by atoms with Crippen LogP contribution in [0.1, 0.15) is 26.2 Å². The van der Waals surface area contributed by atoms with Crippen molar-refractivity contribution in [3.05, 3.63) is 0 Å². The molecule has 0 aromatic carbocycles. The van der Waals surface area contributed by atoms with E-state index in [1.807, 2.05) is 4.90 Å². The van der Waals surface area contributed by atoms with Crippen molar-refractivity contribution in [2.45, 2.75) is 32.4 Å². The fraction of sp³-hybridized carbons (Fsp3) is 0.923. The van der Waals surface area contributed by atoms with Crippen LogP contribution in [0.15, 0.2) is 0 Å². The third-order valence-electron chi connectivity index (χ3n) is 3.72. The molecule has 18 heavy (non-hydrogen) atoms. The Balaban J connectivity index is 1.69. The summed E-state index contributed by atoms with van der Waals surface area (Å²) < 4.78 is 5.33. The topological polar surface area (TPSA) is 44.8 Å². The van der Waals surface area contributed by atoms with Gasteiger partial charge in [-0.2, -0.15) is 0 Å². The molecule has 1 atom stereocenters. The van der Waals surface area contributed by atoms with E-state index in [0.29, 0.717) is 6.54 Å². The normalized spacial score (nSPS) is 25.9. The maximum absolute atomic E-state index is 11.8. The molecule has 0 saturated carbocycles. The highest BCUT2D eigenvalue weighted by molar-refractivity contribution is 5.80. The lowest BCUT2D eigenvalue weighted by Crippen LogP contribution is -2.41. The SMILES string of the molecule is CCCC1NCC(=O)N1CCCN1CCOCC1. The van der Waals surface area contributed by atoms with E-state index in [0.717, 1.165) is 58.7 Å². The van der Waals surface area contributed by atoms with Crippen LogP contribution in [0.4, 0.5) is 0 Å². The van der Waals surface area contributed by atoms with Gasteiger partial charge < -0.3 is 9.64 Å². The quantitative estimate of drug-likeness (QED) is 0.740. The van der Waals surface area contributed by atoms with Gasteiger partial charge in [-0.15, -0.1) is 0 Å². The van der Waals surface area contributed by atoms with Crippen LogP contribution < -0.4 is 5.32 Å². The smallest absolute Gasteiger partial charge is 0.237 e. The second-order valence-corrected chi connectivity index (χ2v) is 5.08. The average molecular weight is 255 g/mol. The minimum Gasteiger partial charge on any atom is -0.379 e. The summed E-state index contributed by atoms with van der Waals surface area (Å²) in [6.45, 7) is 8.40. The second-order valence-electron chi connectivity index (χ2n) is 5.08. The third kappa shape index (κ3) is 3.67. The molecule has 2 aliphatic rings. The number of hydrogen-bond acceptors (Lipinski definition) is 4. The van der Waals surface area contributed by atoms with E-state index in [2.05, 4.69) is 17.1 Å². The largest absolute Gasteiger partial charge is 0.379 e. The Morgan fingerprint density at radius 3 is 2.83 bits per heavy atom. The lowest BCUT2D eigenvalue weighted by atomic mass is 10.2. The summed E-state index contributed by atoms with van der Waals surface area (Å²) in [5.41, 5.74) is 0. The molecule has 104 valence electrons. The molecule has 2 saturated heterocycles. The zero-order valence-corrected chi connectivity index (χ0v) is 11.4. The van der Waals surface area contributed by atoms with Gasteiger partial charge >= 0.3 is 0 Å². The molecular formula is C13H25N3O2. The van der Waals surface area contributed by atoms with Gasteiger partial charge in [0.15, 0.2) is 0 Å². The molecule has 1 amide bonds. The first-order valence-electron chi connectivity index (χ1n) is 7.14. The molecule has 2 heterocycles. The molecule has 2 aliphatic heterocycles. The molecule has 0 radical (unpaired) electrons. The number of rotatable bonds is 6. The Morgan fingerprint density at radius 2 is 2.11 bits per heavy atom. The number of nitrogens with one attached hydrogen (secondary N) is 1. The van der Waals surface area contributed by atoms with E-state index in [9.17, 15) is 4.79 Å². The van der Waals surface area contributed by atoms with Gasteiger partial charge in [-0.25, -0.2) is 0 Å². The molecular weight excluding hydrogens is 230 g/mol. The van der Waals surface area contributed by atoms with Crippen molar-refractivity contribution in [1.29, 1.82) is 0 Å². The molecule has 5 heteroatoms. The van der Waals surface area contributed by atoms with Crippen molar-refractivity contribution >= 4 is 5.91 Å². The molecule has 0 spiro atoms. The highest BCUT2D eigenvalue weighted by atomic mass is 16.5. The van der Waals surface area contributed by atoms with Gasteiger partial charge in [0.25, 0.3) is 0 Å². The van der Waals surface area contributed by atoms with Crippen LogP contribution >= 0.6 is 0 Å². The van der Waals surface area contributed by atoms with Crippen molar-refractivity contribution in [3.8, 4) is 0 Å². The average Bonchev–Trinajstić information content (AvgIpc) is 2.73. The molecule has 0 aliphatic carbocycles. The first kappa shape index (κ1) is 13.8. The number of ether oxygens (including phenoxy) is 1. The lowest BCUT2D eigenvalue weighted by Gasteiger charge is -2.28. The number of hydrogen-bond donors (Lipinski definition) is 1. The fourth-order valence-corrected chi connectivity index (χ4v) is 2.69. The van der Waals surface area contributed by atoms with E-state index in [-0.39, 0.29) is 12.1 Å². The van der Waals surface area contributed by atoms with E-state index in [1.165, 1.54) is 0 Å². The van der Waals surface area contributed by atoms with Crippen LogP contribution in [0, 0.1) is 0 Å². The van der Waals surface area contributed by atoms with Crippen molar-refractivity contribution < 1.29 is 9.53 Å². The van der Waals surface area contributed by atoms with Crippen LogP contribution in [-0.2, 0) is 9.53 Å². The molecule has 1 unspecified atom stereocenters. The number of morpholine rings is 1. The third-order valence-corrected chi connectivity index (χ3v) is 3.72. The summed E-state index contributed by atoms with van der Waals surface area (Å²) in [5, 5.41) is 3.29. The minimum atomic E-state index is 0.260.